The lowest BCUT2D eigenvalue weighted by atomic mass is 10.1. The van der Waals surface area contributed by atoms with Gasteiger partial charge in [0, 0.05) is 20.1 Å². The Morgan fingerprint density at radius 1 is 1.23 bits per heavy atom. The third-order valence-corrected chi connectivity index (χ3v) is 7.09. The first-order valence-electron chi connectivity index (χ1n) is 7.79. The molecule has 0 aliphatic carbocycles. The lowest BCUT2D eigenvalue weighted by molar-refractivity contribution is 0.582. The zero-order valence-electron chi connectivity index (χ0n) is 14.3. The first-order valence-corrected chi connectivity index (χ1v) is 10.9. The lowest BCUT2D eigenvalue weighted by Gasteiger charge is -2.18. The summed E-state index contributed by atoms with van der Waals surface area (Å²) < 4.78 is 26.9. The number of sulfonamides is 1. The summed E-state index contributed by atoms with van der Waals surface area (Å²) in [5, 5.41) is 9.00. The minimum absolute atomic E-state index is 0.0567. The minimum atomic E-state index is -3.46. The number of rotatable bonds is 7. The highest BCUT2D eigenvalue weighted by Gasteiger charge is 2.14. The second-order valence-corrected chi connectivity index (χ2v) is 9.12. The number of hydrogen-bond donors (Lipinski definition) is 3. The summed E-state index contributed by atoms with van der Waals surface area (Å²) in [6.45, 7) is 2.59. The van der Waals surface area contributed by atoms with Crippen LogP contribution in [-0.2, 0) is 10.0 Å². The van der Waals surface area contributed by atoms with Crippen LogP contribution in [0.25, 0.3) is 0 Å². The van der Waals surface area contributed by atoms with Crippen LogP contribution in [0.15, 0.2) is 44.9 Å². The van der Waals surface area contributed by atoms with Crippen LogP contribution in [0.1, 0.15) is 18.5 Å². The maximum absolute atomic E-state index is 12.0. The fourth-order valence-electron chi connectivity index (χ4n) is 2.12. The van der Waals surface area contributed by atoms with Crippen molar-refractivity contribution in [1.82, 2.24) is 15.4 Å². The van der Waals surface area contributed by atoms with E-state index in [9.17, 15) is 8.42 Å². The van der Waals surface area contributed by atoms with Crippen LogP contribution in [0.4, 0.5) is 0 Å². The Morgan fingerprint density at radius 2 is 2.00 bits per heavy atom. The van der Waals surface area contributed by atoms with Crippen molar-refractivity contribution >= 4 is 50.5 Å². The fraction of sp³-hybridized carbons (Fsp3) is 0.312. The summed E-state index contributed by atoms with van der Waals surface area (Å²) in [6.07, 6.45) is 0. The van der Waals surface area contributed by atoms with E-state index in [2.05, 4.69) is 20.3 Å². The molecule has 1 aromatic heterocycles. The smallest absolute Gasteiger partial charge is 0.250 e. The first-order chi connectivity index (χ1) is 12.3. The number of halogens is 2. The second-order valence-electron chi connectivity index (χ2n) is 5.37. The third-order valence-electron chi connectivity index (χ3n) is 3.49. The van der Waals surface area contributed by atoms with Gasteiger partial charge in [-0.25, -0.2) is 13.1 Å². The van der Waals surface area contributed by atoms with Gasteiger partial charge in [-0.3, -0.25) is 4.99 Å². The maximum Gasteiger partial charge on any atom is 0.250 e. The molecule has 0 spiro atoms. The molecule has 0 saturated heterocycles. The van der Waals surface area contributed by atoms with Gasteiger partial charge in [-0.1, -0.05) is 35.3 Å². The summed E-state index contributed by atoms with van der Waals surface area (Å²) in [4.78, 5) is 4.14. The first kappa shape index (κ1) is 21.0. The number of nitrogens with zero attached hydrogens (tertiary/aromatic N) is 1. The summed E-state index contributed by atoms with van der Waals surface area (Å²) in [6, 6.07) is 8.64. The number of hydrogen-bond acceptors (Lipinski definition) is 4. The Balaban J connectivity index is 1.83. The van der Waals surface area contributed by atoms with Gasteiger partial charge in [0.05, 0.1) is 16.1 Å². The zero-order chi connectivity index (χ0) is 19.2. The van der Waals surface area contributed by atoms with Crippen LogP contribution >= 0.6 is 34.5 Å². The van der Waals surface area contributed by atoms with E-state index in [1.165, 1.54) is 11.3 Å². The van der Waals surface area contributed by atoms with E-state index in [1.54, 1.807) is 36.7 Å². The van der Waals surface area contributed by atoms with Crippen LogP contribution < -0.4 is 15.4 Å². The van der Waals surface area contributed by atoms with Gasteiger partial charge >= 0.3 is 0 Å². The molecule has 6 nitrogen and oxygen atoms in total. The van der Waals surface area contributed by atoms with E-state index < -0.39 is 10.0 Å². The highest BCUT2D eigenvalue weighted by atomic mass is 35.5. The average Bonchev–Trinajstić information content (AvgIpc) is 3.15. The maximum atomic E-state index is 12.0. The molecule has 0 aliphatic heterocycles. The van der Waals surface area contributed by atoms with E-state index in [1.807, 2.05) is 13.0 Å². The second kappa shape index (κ2) is 9.57. The Bertz CT molecular complexity index is 855. The van der Waals surface area contributed by atoms with Crippen molar-refractivity contribution in [2.45, 2.75) is 17.2 Å². The molecule has 0 saturated carbocycles. The summed E-state index contributed by atoms with van der Waals surface area (Å²) in [5.74, 6) is 0.555. The number of benzene rings is 1. The summed E-state index contributed by atoms with van der Waals surface area (Å²) in [7, 11) is -1.81. The molecule has 26 heavy (non-hydrogen) atoms. The van der Waals surface area contributed by atoms with E-state index in [0.717, 1.165) is 5.56 Å². The van der Waals surface area contributed by atoms with Crippen molar-refractivity contribution in [3.8, 4) is 0 Å². The minimum Gasteiger partial charge on any atom is -0.355 e. The predicted molar refractivity (Wildman–Crippen MR) is 109 cm³/mol. The summed E-state index contributed by atoms with van der Waals surface area (Å²) in [5.41, 5.74) is 0.959. The van der Waals surface area contributed by atoms with Gasteiger partial charge in [0.2, 0.25) is 10.0 Å². The zero-order valence-corrected chi connectivity index (χ0v) is 17.4. The molecule has 10 heteroatoms. The Hall–Kier alpha value is -1.32. The number of thiophene rings is 1. The van der Waals surface area contributed by atoms with Gasteiger partial charge in [-0.15, -0.1) is 11.3 Å². The molecule has 1 atom stereocenters. The molecule has 0 bridgehead atoms. The molecule has 0 amide bonds. The van der Waals surface area contributed by atoms with E-state index >= 15 is 0 Å². The Morgan fingerprint density at radius 3 is 2.62 bits per heavy atom. The highest BCUT2D eigenvalue weighted by molar-refractivity contribution is 7.91. The monoisotopic (exact) mass is 434 g/mol. The van der Waals surface area contributed by atoms with Gasteiger partial charge in [-0.05, 0) is 36.1 Å². The van der Waals surface area contributed by atoms with Crippen molar-refractivity contribution in [3.63, 3.8) is 0 Å². The molecule has 2 rings (SSSR count). The molecule has 0 radical (unpaired) electrons. The molecule has 1 aromatic carbocycles. The van der Waals surface area contributed by atoms with Crippen LogP contribution in [0.5, 0.6) is 0 Å². The SMILES string of the molecule is CN=C(NCCNS(=O)(=O)c1cccs1)NC(C)c1ccc(Cl)c(Cl)c1. The van der Waals surface area contributed by atoms with Gasteiger partial charge in [0.15, 0.2) is 5.96 Å². The van der Waals surface area contributed by atoms with Crippen LogP contribution in [-0.4, -0.2) is 34.5 Å². The number of nitrogens with one attached hydrogen (secondary N) is 3. The Kier molecular flexibility index (Phi) is 7.72. The quantitative estimate of drug-likeness (QED) is 0.354. The van der Waals surface area contributed by atoms with Crippen molar-refractivity contribution in [1.29, 1.82) is 0 Å². The Labute approximate surface area is 167 Å². The van der Waals surface area contributed by atoms with Gasteiger partial charge in [-0.2, -0.15) is 0 Å². The van der Waals surface area contributed by atoms with Crippen molar-refractivity contribution in [3.05, 3.63) is 51.3 Å². The van der Waals surface area contributed by atoms with Crippen molar-refractivity contribution < 1.29 is 8.42 Å². The topological polar surface area (TPSA) is 82.6 Å². The number of guanidine groups is 1. The molecular formula is C16H20Cl2N4O2S2. The number of aliphatic imine (C=N–C) groups is 1. The third kappa shape index (κ3) is 5.85. The molecule has 0 fully saturated rings. The molecule has 1 unspecified atom stereocenters. The van der Waals surface area contributed by atoms with Gasteiger partial charge < -0.3 is 10.6 Å². The van der Waals surface area contributed by atoms with Crippen LogP contribution in [0.2, 0.25) is 10.0 Å². The van der Waals surface area contributed by atoms with Gasteiger partial charge in [0.1, 0.15) is 4.21 Å². The molecule has 1 heterocycles. The molecule has 3 N–H and O–H groups in total. The van der Waals surface area contributed by atoms with E-state index in [0.29, 0.717) is 26.8 Å². The molecular weight excluding hydrogens is 415 g/mol. The summed E-state index contributed by atoms with van der Waals surface area (Å²) >= 11 is 13.2. The normalized spacial score (nSPS) is 13.5. The standard InChI is InChI=1S/C16H20Cl2N4O2S2/c1-11(12-5-6-13(17)14(18)10-12)22-16(19-2)20-7-8-21-26(23,24)15-4-3-9-25-15/h3-6,9-11,21H,7-8H2,1-2H3,(H2,19,20,22). The average molecular weight is 435 g/mol. The fourth-order valence-corrected chi connectivity index (χ4v) is 4.49. The van der Waals surface area contributed by atoms with Crippen molar-refractivity contribution in [2.24, 2.45) is 4.99 Å². The van der Waals surface area contributed by atoms with Crippen LogP contribution in [0.3, 0.4) is 0 Å². The molecule has 142 valence electrons. The molecule has 0 aliphatic rings. The van der Waals surface area contributed by atoms with Gasteiger partial charge in [0.25, 0.3) is 0 Å². The lowest BCUT2D eigenvalue weighted by Crippen LogP contribution is -2.42. The van der Waals surface area contributed by atoms with Crippen molar-refractivity contribution in [2.75, 3.05) is 20.1 Å². The largest absolute Gasteiger partial charge is 0.355 e. The molecule has 2 aromatic rings. The highest BCUT2D eigenvalue weighted by Crippen LogP contribution is 2.25. The van der Waals surface area contributed by atoms with Crippen LogP contribution in [0, 0.1) is 0 Å². The van der Waals surface area contributed by atoms with E-state index in [-0.39, 0.29) is 12.6 Å². The van der Waals surface area contributed by atoms with E-state index in [4.69, 9.17) is 23.2 Å². The predicted octanol–water partition coefficient (Wildman–Crippen LogP) is 3.26.